The van der Waals surface area contributed by atoms with Gasteiger partial charge in [0.15, 0.2) is 11.5 Å². The second-order valence-corrected chi connectivity index (χ2v) is 7.31. The number of thiophene rings is 1. The summed E-state index contributed by atoms with van der Waals surface area (Å²) >= 11 is 1.72. The van der Waals surface area contributed by atoms with E-state index in [1.54, 1.807) is 11.3 Å². The van der Waals surface area contributed by atoms with Gasteiger partial charge in [0.05, 0.1) is 6.04 Å². The van der Waals surface area contributed by atoms with Gasteiger partial charge in [0.1, 0.15) is 0 Å². The van der Waals surface area contributed by atoms with E-state index in [0.29, 0.717) is 12.6 Å². The Bertz CT molecular complexity index is 747. The van der Waals surface area contributed by atoms with Crippen LogP contribution in [-0.4, -0.2) is 30.2 Å². The van der Waals surface area contributed by atoms with Gasteiger partial charge in [0.2, 0.25) is 12.7 Å². The first-order valence-corrected chi connectivity index (χ1v) is 9.61. The average molecular weight is 358 g/mol. The molecule has 1 N–H and O–H groups in total. The number of likely N-dealkylation sites (tertiary alicyclic amines) is 1. The molecule has 2 atom stereocenters. The van der Waals surface area contributed by atoms with E-state index in [0.717, 1.165) is 36.4 Å². The Kier molecular flexibility index (Phi) is 4.63. The van der Waals surface area contributed by atoms with Gasteiger partial charge < -0.3 is 14.8 Å². The van der Waals surface area contributed by atoms with Gasteiger partial charge in [-0.05, 0) is 66.4 Å². The largest absolute Gasteiger partial charge is 0.454 e. The van der Waals surface area contributed by atoms with Crippen LogP contribution in [0, 0.1) is 0 Å². The lowest BCUT2D eigenvalue weighted by Gasteiger charge is -2.29. The Labute approximate surface area is 151 Å². The monoisotopic (exact) mass is 358 g/mol. The van der Waals surface area contributed by atoms with Gasteiger partial charge in [0, 0.05) is 12.6 Å². The summed E-state index contributed by atoms with van der Waals surface area (Å²) in [6.07, 6.45) is 2.26. The Morgan fingerprint density at radius 1 is 1.36 bits per heavy atom. The fourth-order valence-electron chi connectivity index (χ4n) is 3.61. The van der Waals surface area contributed by atoms with Gasteiger partial charge in [0.25, 0.3) is 0 Å². The van der Waals surface area contributed by atoms with Crippen molar-refractivity contribution in [3.63, 3.8) is 0 Å². The molecule has 3 heterocycles. The Morgan fingerprint density at radius 2 is 2.24 bits per heavy atom. The number of ether oxygens (including phenoxy) is 2. The van der Waals surface area contributed by atoms with Crippen molar-refractivity contribution < 1.29 is 14.3 Å². The zero-order valence-electron chi connectivity index (χ0n) is 14.2. The van der Waals surface area contributed by atoms with Gasteiger partial charge in [-0.15, -0.1) is 0 Å². The summed E-state index contributed by atoms with van der Waals surface area (Å²) < 4.78 is 10.7. The summed E-state index contributed by atoms with van der Waals surface area (Å²) in [5.41, 5.74) is 2.35. The van der Waals surface area contributed by atoms with Crippen molar-refractivity contribution in [1.29, 1.82) is 0 Å². The predicted octanol–water partition coefficient (Wildman–Crippen LogP) is 3.32. The van der Waals surface area contributed by atoms with Crippen LogP contribution in [0.3, 0.4) is 0 Å². The SMILES string of the molecule is C[C@@H](C(=O)NCc1ccc2c(c1)OCO2)N1CCC[C@@H]1c1ccsc1. The summed E-state index contributed by atoms with van der Waals surface area (Å²) in [5, 5.41) is 7.36. The van der Waals surface area contributed by atoms with Gasteiger partial charge >= 0.3 is 0 Å². The Hall–Kier alpha value is -2.05. The molecular weight excluding hydrogens is 336 g/mol. The molecule has 4 rings (SSSR count). The molecule has 6 heteroatoms. The summed E-state index contributed by atoms with van der Waals surface area (Å²) in [6.45, 7) is 3.73. The van der Waals surface area contributed by atoms with Crippen LogP contribution in [0.5, 0.6) is 11.5 Å². The second-order valence-electron chi connectivity index (χ2n) is 6.53. The van der Waals surface area contributed by atoms with E-state index in [1.807, 2.05) is 25.1 Å². The highest BCUT2D eigenvalue weighted by Crippen LogP contribution is 2.35. The van der Waals surface area contributed by atoms with Crippen LogP contribution in [0.1, 0.15) is 36.9 Å². The predicted molar refractivity (Wildman–Crippen MR) is 96.9 cm³/mol. The first-order valence-electron chi connectivity index (χ1n) is 8.66. The number of benzene rings is 1. The van der Waals surface area contributed by atoms with E-state index in [1.165, 1.54) is 5.56 Å². The lowest BCUT2D eigenvalue weighted by molar-refractivity contribution is -0.126. The number of rotatable bonds is 5. The maximum Gasteiger partial charge on any atom is 0.237 e. The normalized spacial score (nSPS) is 20.6. The third-order valence-corrected chi connectivity index (χ3v) is 5.70. The second kappa shape index (κ2) is 7.06. The maximum atomic E-state index is 12.6. The molecule has 132 valence electrons. The first-order chi connectivity index (χ1) is 12.2. The number of amides is 1. The summed E-state index contributed by atoms with van der Waals surface area (Å²) in [5.74, 6) is 1.58. The molecule has 0 aliphatic carbocycles. The molecule has 0 spiro atoms. The molecule has 1 fully saturated rings. The number of carbonyl (C=O) groups is 1. The minimum absolute atomic E-state index is 0.0693. The maximum absolute atomic E-state index is 12.6. The van der Waals surface area contributed by atoms with E-state index >= 15 is 0 Å². The quantitative estimate of drug-likeness (QED) is 0.891. The highest BCUT2D eigenvalue weighted by Gasteiger charge is 2.33. The topological polar surface area (TPSA) is 50.8 Å². The molecule has 2 aromatic rings. The number of nitrogens with one attached hydrogen (secondary N) is 1. The van der Waals surface area contributed by atoms with Gasteiger partial charge in [-0.2, -0.15) is 11.3 Å². The number of nitrogens with zero attached hydrogens (tertiary/aromatic N) is 1. The Balaban J connectivity index is 1.37. The number of carbonyl (C=O) groups excluding carboxylic acids is 1. The minimum Gasteiger partial charge on any atom is -0.454 e. The van der Waals surface area contributed by atoms with Gasteiger partial charge in [-0.25, -0.2) is 0 Å². The smallest absolute Gasteiger partial charge is 0.237 e. The molecular formula is C19H22N2O3S. The zero-order valence-corrected chi connectivity index (χ0v) is 15.1. The molecule has 0 unspecified atom stereocenters. The molecule has 2 aliphatic rings. The third kappa shape index (κ3) is 3.37. The molecule has 1 aromatic carbocycles. The van der Waals surface area contributed by atoms with E-state index < -0.39 is 0 Å². The van der Waals surface area contributed by atoms with Crippen molar-refractivity contribution in [3.05, 3.63) is 46.2 Å². The number of hydrogen-bond acceptors (Lipinski definition) is 5. The van der Waals surface area contributed by atoms with E-state index in [-0.39, 0.29) is 18.7 Å². The van der Waals surface area contributed by atoms with Crippen molar-refractivity contribution in [1.82, 2.24) is 10.2 Å². The van der Waals surface area contributed by atoms with Gasteiger partial charge in [-0.1, -0.05) is 6.07 Å². The van der Waals surface area contributed by atoms with Crippen LogP contribution >= 0.6 is 11.3 Å². The van der Waals surface area contributed by atoms with Crippen molar-refractivity contribution in [3.8, 4) is 11.5 Å². The lowest BCUT2D eigenvalue weighted by atomic mass is 10.1. The highest BCUT2D eigenvalue weighted by atomic mass is 32.1. The molecule has 0 bridgehead atoms. The van der Waals surface area contributed by atoms with Crippen LogP contribution in [0.15, 0.2) is 35.0 Å². The zero-order chi connectivity index (χ0) is 17.2. The third-order valence-electron chi connectivity index (χ3n) is 5.00. The van der Waals surface area contributed by atoms with Crippen molar-refractivity contribution >= 4 is 17.2 Å². The van der Waals surface area contributed by atoms with Crippen LogP contribution in [0.2, 0.25) is 0 Å². The first kappa shape index (κ1) is 16.4. The summed E-state index contributed by atoms with van der Waals surface area (Å²) in [7, 11) is 0. The lowest BCUT2D eigenvalue weighted by Crippen LogP contribution is -2.44. The molecule has 1 saturated heterocycles. The fraction of sp³-hybridized carbons (Fsp3) is 0.421. The van der Waals surface area contributed by atoms with Crippen LogP contribution in [0.4, 0.5) is 0 Å². The van der Waals surface area contributed by atoms with Crippen molar-refractivity contribution in [2.75, 3.05) is 13.3 Å². The summed E-state index contributed by atoms with van der Waals surface area (Å²) in [6, 6.07) is 8.17. The van der Waals surface area contributed by atoms with Gasteiger partial charge in [-0.3, -0.25) is 9.69 Å². The molecule has 1 amide bonds. The van der Waals surface area contributed by atoms with Crippen LogP contribution in [-0.2, 0) is 11.3 Å². The fourth-order valence-corrected chi connectivity index (χ4v) is 4.32. The highest BCUT2D eigenvalue weighted by molar-refractivity contribution is 7.07. The molecule has 2 aliphatic heterocycles. The van der Waals surface area contributed by atoms with E-state index in [9.17, 15) is 4.79 Å². The van der Waals surface area contributed by atoms with E-state index in [4.69, 9.17) is 9.47 Å². The number of fused-ring (bicyclic) bond motifs is 1. The average Bonchev–Trinajstić information content (AvgIpc) is 3.38. The molecule has 0 radical (unpaired) electrons. The van der Waals surface area contributed by atoms with Crippen LogP contribution in [0.25, 0.3) is 0 Å². The standard InChI is InChI=1S/C19H22N2O3S/c1-13(21-7-2-3-16(21)15-6-8-25-11-15)19(22)20-10-14-4-5-17-18(9-14)24-12-23-17/h4-6,8-9,11,13,16H,2-3,7,10,12H2,1H3,(H,20,22)/t13-,16+/m0/s1. The van der Waals surface area contributed by atoms with E-state index in [2.05, 4.69) is 27.0 Å². The van der Waals surface area contributed by atoms with Crippen LogP contribution < -0.4 is 14.8 Å². The minimum atomic E-state index is -0.138. The molecule has 0 saturated carbocycles. The molecule has 5 nitrogen and oxygen atoms in total. The molecule has 25 heavy (non-hydrogen) atoms. The summed E-state index contributed by atoms with van der Waals surface area (Å²) in [4.78, 5) is 15.0. The number of hydrogen-bond donors (Lipinski definition) is 1. The van der Waals surface area contributed by atoms with Crippen molar-refractivity contribution in [2.24, 2.45) is 0 Å². The van der Waals surface area contributed by atoms with Crippen molar-refractivity contribution in [2.45, 2.75) is 38.4 Å². The molecule has 1 aromatic heterocycles. The Morgan fingerprint density at radius 3 is 3.08 bits per heavy atom.